The van der Waals surface area contributed by atoms with Gasteiger partial charge in [-0.2, -0.15) is 0 Å². The Morgan fingerprint density at radius 1 is 1.30 bits per heavy atom. The van der Waals surface area contributed by atoms with Crippen molar-refractivity contribution in [1.29, 1.82) is 0 Å². The molecule has 1 rings (SSSR count). The SMILES string of the molecule is CC(C)=CCC/C(C)=C/COC(=O)Cn1cc[n+](C)c1. The standard InChI is InChI=1S/C16H25N2O2/c1-14(2)6-5-7-15(3)8-11-20-16(19)12-18-10-9-17(4)13-18/h6,8-10,13H,5,7,11-12H2,1-4H3/q+1/b15-8+. The van der Waals surface area contributed by atoms with Crippen LogP contribution in [0.3, 0.4) is 0 Å². The summed E-state index contributed by atoms with van der Waals surface area (Å²) in [6.45, 7) is 6.88. The van der Waals surface area contributed by atoms with Gasteiger partial charge in [0.1, 0.15) is 19.0 Å². The van der Waals surface area contributed by atoms with Crippen LogP contribution in [0.4, 0.5) is 0 Å². The predicted octanol–water partition coefficient (Wildman–Crippen LogP) is 2.55. The van der Waals surface area contributed by atoms with E-state index in [0.29, 0.717) is 6.61 Å². The van der Waals surface area contributed by atoms with E-state index in [2.05, 4.69) is 26.8 Å². The normalized spacial score (nSPS) is 11.3. The first-order valence-electron chi connectivity index (χ1n) is 6.93. The summed E-state index contributed by atoms with van der Waals surface area (Å²) in [6.07, 6.45) is 11.8. The van der Waals surface area contributed by atoms with E-state index in [0.717, 1.165) is 12.8 Å². The molecule has 0 amide bonds. The third-order valence-corrected chi connectivity index (χ3v) is 2.90. The summed E-state index contributed by atoms with van der Waals surface area (Å²) >= 11 is 0. The molecule has 0 aromatic carbocycles. The highest BCUT2D eigenvalue weighted by molar-refractivity contribution is 5.69. The first kappa shape index (κ1) is 16.2. The lowest BCUT2D eigenvalue weighted by Crippen LogP contribution is -2.24. The van der Waals surface area contributed by atoms with Crippen LogP contribution in [0.1, 0.15) is 33.6 Å². The van der Waals surface area contributed by atoms with E-state index < -0.39 is 0 Å². The van der Waals surface area contributed by atoms with Crippen LogP contribution >= 0.6 is 0 Å². The summed E-state index contributed by atoms with van der Waals surface area (Å²) in [5.74, 6) is -0.213. The number of allylic oxidation sites excluding steroid dienone is 3. The number of imidazole rings is 1. The maximum absolute atomic E-state index is 11.6. The fraction of sp³-hybridized carbons (Fsp3) is 0.500. The Bertz CT molecular complexity index is 494. The van der Waals surface area contributed by atoms with Crippen molar-refractivity contribution < 1.29 is 14.1 Å². The Kier molecular flexibility index (Phi) is 6.77. The molecule has 110 valence electrons. The minimum Gasteiger partial charge on any atom is -0.459 e. The van der Waals surface area contributed by atoms with Crippen LogP contribution in [0.5, 0.6) is 0 Å². The summed E-state index contributed by atoms with van der Waals surface area (Å²) in [5, 5.41) is 0. The molecule has 1 aromatic heterocycles. The highest BCUT2D eigenvalue weighted by atomic mass is 16.5. The van der Waals surface area contributed by atoms with Gasteiger partial charge >= 0.3 is 5.97 Å². The van der Waals surface area contributed by atoms with E-state index in [9.17, 15) is 4.79 Å². The van der Waals surface area contributed by atoms with Crippen LogP contribution < -0.4 is 4.57 Å². The monoisotopic (exact) mass is 277 g/mol. The molecule has 0 spiro atoms. The van der Waals surface area contributed by atoms with Gasteiger partial charge in [0, 0.05) is 0 Å². The van der Waals surface area contributed by atoms with E-state index in [4.69, 9.17) is 4.74 Å². The number of aromatic nitrogens is 2. The van der Waals surface area contributed by atoms with Crippen molar-refractivity contribution in [1.82, 2.24) is 4.57 Å². The lowest BCUT2D eigenvalue weighted by atomic mass is 10.1. The van der Waals surface area contributed by atoms with Crippen molar-refractivity contribution in [2.45, 2.75) is 40.2 Å². The molecule has 1 aromatic rings. The lowest BCUT2D eigenvalue weighted by Gasteiger charge is -2.02. The smallest absolute Gasteiger partial charge is 0.348 e. The quantitative estimate of drug-likeness (QED) is 0.436. The van der Waals surface area contributed by atoms with Gasteiger partial charge < -0.3 is 4.74 Å². The van der Waals surface area contributed by atoms with Crippen molar-refractivity contribution in [3.05, 3.63) is 42.0 Å². The molecular weight excluding hydrogens is 252 g/mol. The van der Waals surface area contributed by atoms with E-state index in [-0.39, 0.29) is 12.5 Å². The number of rotatable bonds is 7. The fourth-order valence-electron chi connectivity index (χ4n) is 1.76. The molecule has 0 N–H and O–H groups in total. The van der Waals surface area contributed by atoms with E-state index in [1.807, 2.05) is 36.4 Å². The second-order valence-corrected chi connectivity index (χ2v) is 5.31. The van der Waals surface area contributed by atoms with Crippen LogP contribution in [0.15, 0.2) is 42.0 Å². The molecule has 0 saturated carbocycles. The number of hydrogen-bond donors (Lipinski definition) is 0. The molecule has 0 atom stereocenters. The molecule has 0 saturated heterocycles. The van der Waals surface area contributed by atoms with E-state index >= 15 is 0 Å². The summed E-state index contributed by atoms with van der Waals surface area (Å²) in [7, 11) is 1.92. The molecule has 4 heteroatoms. The van der Waals surface area contributed by atoms with E-state index in [1.165, 1.54) is 11.1 Å². The second-order valence-electron chi connectivity index (χ2n) is 5.31. The Morgan fingerprint density at radius 3 is 2.65 bits per heavy atom. The molecule has 0 fully saturated rings. The zero-order valence-corrected chi connectivity index (χ0v) is 12.9. The molecule has 4 nitrogen and oxygen atoms in total. The van der Waals surface area contributed by atoms with Gasteiger partial charge in [-0.1, -0.05) is 17.2 Å². The fourth-order valence-corrected chi connectivity index (χ4v) is 1.76. The van der Waals surface area contributed by atoms with E-state index in [1.54, 1.807) is 4.57 Å². The van der Waals surface area contributed by atoms with Gasteiger partial charge in [0.05, 0.1) is 7.05 Å². The van der Waals surface area contributed by atoms with Crippen molar-refractivity contribution >= 4 is 5.97 Å². The highest BCUT2D eigenvalue weighted by Gasteiger charge is 2.08. The highest BCUT2D eigenvalue weighted by Crippen LogP contribution is 2.06. The second kappa shape index (κ2) is 8.35. The average Bonchev–Trinajstić information content (AvgIpc) is 2.74. The third-order valence-electron chi connectivity index (χ3n) is 2.90. The number of aryl methyl sites for hydroxylation is 1. The minimum absolute atomic E-state index is 0.213. The van der Waals surface area contributed by atoms with Crippen molar-refractivity contribution in [2.75, 3.05) is 6.61 Å². The Hall–Kier alpha value is -1.84. The molecular formula is C16H25N2O2+. The summed E-state index contributed by atoms with van der Waals surface area (Å²) in [6, 6.07) is 0. The largest absolute Gasteiger partial charge is 0.459 e. The number of ether oxygens (including phenoxy) is 1. The number of nitrogens with zero attached hydrogens (tertiary/aromatic N) is 2. The minimum atomic E-state index is -0.213. The van der Waals surface area contributed by atoms with Crippen molar-refractivity contribution in [3.8, 4) is 0 Å². The Morgan fingerprint density at radius 2 is 2.05 bits per heavy atom. The van der Waals surface area contributed by atoms with Crippen LogP contribution in [-0.4, -0.2) is 17.1 Å². The molecule has 0 aliphatic carbocycles. The van der Waals surface area contributed by atoms with Gasteiger partial charge in [-0.15, -0.1) is 0 Å². The molecule has 0 aliphatic heterocycles. The number of carbonyl (C=O) groups is 1. The molecule has 0 bridgehead atoms. The van der Waals surface area contributed by atoms with Crippen LogP contribution in [0, 0.1) is 0 Å². The molecule has 0 radical (unpaired) electrons. The average molecular weight is 277 g/mol. The van der Waals surface area contributed by atoms with Crippen LogP contribution in [-0.2, 0) is 23.1 Å². The van der Waals surface area contributed by atoms with Gasteiger partial charge in [-0.05, 0) is 39.7 Å². The first-order chi connectivity index (χ1) is 9.47. The topological polar surface area (TPSA) is 35.1 Å². The van der Waals surface area contributed by atoms with Gasteiger partial charge in [0.25, 0.3) is 0 Å². The maximum atomic E-state index is 11.6. The maximum Gasteiger partial charge on any atom is 0.348 e. The van der Waals surface area contributed by atoms with Gasteiger partial charge in [0.15, 0.2) is 6.54 Å². The van der Waals surface area contributed by atoms with Crippen molar-refractivity contribution in [3.63, 3.8) is 0 Å². The number of esters is 1. The summed E-state index contributed by atoms with van der Waals surface area (Å²) < 4.78 is 8.88. The van der Waals surface area contributed by atoms with Crippen molar-refractivity contribution in [2.24, 2.45) is 7.05 Å². The third kappa shape index (κ3) is 6.92. The first-order valence-corrected chi connectivity index (χ1v) is 6.93. The summed E-state index contributed by atoms with van der Waals surface area (Å²) in [4.78, 5) is 11.6. The predicted molar refractivity (Wildman–Crippen MR) is 79.0 cm³/mol. The zero-order valence-electron chi connectivity index (χ0n) is 12.9. The molecule has 0 aliphatic rings. The lowest BCUT2D eigenvalue weighted by molar-refractivity contribution is -0.671. The molecule has 0 unspecified atom stereocenters. The van der Waals surface area contributed by atoms with Crippen LogP contribution in [0.25, 0.3) is 0 Å². The summed E-state index contributed by atoms with van der Waals surface area (Å²) in [5.41, 5.74) is 2.59. The Balaban J connectivity index is 2.25. The Labute approximate surface area is 121 Å². The van der Waals surface area contributed by atoms with Crippen LogP contribution in [0.2, 0.25) is 0 Å². The van der Waals surface area contributed by atoms with Gasteiger partial charge in [-0.3, -0.25) is 0 Å². The molecule has 1 heterocycles. The van der Waals surface area contributed by atoms with Gasteiger partial charge in [-0.25, -0.2) is 13.9 Å². The number of carbonyl (C=O) groups excluding carboxylic acids is 1. The molecule has 20 heavy (non-hydrogen) atoms. The number of hydrogen-bond acceptors (Lipinski definition) is 2. The van der Waals surface area contributed by atoms with Gasteiger partial charge in [0.2, 0.25) is 6.33 Å². The zero-order chi connectivity index (χ0) is 15.0.